The molecule has 0 bridgehead atoms. The third kappa shape index (κ3) is 2.00. The number of hydrogen-bond donors (Lipinski definition) is 1. The van der Waals surface area contributed by atoms with Gasteiger partial charge in [-0.3, -0.25) is 0 Å². The molecule has 82 valence electrons. The van der Waals surface area contributed by atoms with E-state index in [1.54, 1.807) is 0 Å². The van der Waals surface area contributed by atoms with Crippen molar-refractivity contribution in [3.05, 3.63) is 28.8 Å². The van der Waals surface area contributed by atoms with Crippen LogP contribution in [0.15, 0.2) is 12.1 Å². The topological polar surface area (TPSA) is 35.2 Å². The van der Waals surface area contributed by atoms with E-state index in [9.17, 15) is 0 Å². The van der Waals surface area contributed by atoms with Gasteiger partial charge in [0.25, 0.3) is 0 Å². The van der Waals surface area contributed by atoms with Crippen molar-refractivity contribution in [3.8, 4) is 5.75 Å². The Hall–Kier alpha value is -1.02. The van der Waals surface area contributed by atoms with Gasteiger partial charge < -0.3 is 10.5 Å². The highest BCUT2D eigenvalue weighted by molar-refractivity contribution is 5.47. The summed E-state index contributed by atoms with van der Waals surface area (Å²) in [6.45, 7) is 6.25. The molecule has 2 rings (SSSR count). The van der Waals surface area contributed by atoms with Gasteiger partial charge in [-0.1, -0.05) is 17.7 Å². The summed E-state index contributed by atoms with van der Waals surface area (Å²) in [5.74, 6) is 1.04. The summed E-state index contributed by atoms with van der Waals surface area (Å²) in [6.07, 6.45) is 2.53. The summed E-state index contributed by atoms with van der Waals surface area (Å²) < 4.78 is 5.90. The van der Waals surface area contributed by atoms with Gasteiger partial charge in [-0.25, -0.2) is 0 Å². The van der Waals surface area contributed by atoms with Gasteiger partial charge in [-0.2, -0.15) is 0 Å². The Morgan fingerprint density at radius 1 is 1.47 bits per heavy atom. The molecule has 0 aromatic heterocycles. The van der Waals surface area contributed by atoms with Crippen molar-refractivity contribution >= 4 is 0 Å². The van der Waals surface area contributed by atoms with E-state index >= 15 is 0 Å². The van der Waals surface area contributed by atoms with Gasteiger partial charge in [0, 0.05) is 11.6 Å². The molecule has 1 aliphatic heterocycles. The molecule has 2 atom stereocenters. The fourth-order valence-electron chi connectivity index (χ4n) is 2.16. The monoisotopic (exact) mass is 205 g/mol. The Morgan fingerprint density at radius 2 is 2.20 bits per heavy atom. The lowest BCUT2D eigenvalue weighted by Gasteiger charge is -2.27. The largest absolute Gasteiger partial charge is 0.490 e. The number of nitrogens with two attached hydrogens (primary N) is 1. The number of fused-ring (bicyclic) bond motifs is 1. The molecular weight excluding hydrogens is 186 g/mol. The van der Waals surface area contributed by atoms with Crippen molar-refractivity contribution in [2.24, 2.45) is 5.73 Å². The van der Waals surface area contributed by atoms with Gasteiger partial charge in [-0.05, 0) is 39.2 Å². The first-order chi connectivity index (χ1) is 7.08. The fourth-order valence-corrected chi connectivity index (χ4v) is 2.16. The van der Waals surface area contributed by atoms with Crippen LogP contribution < -0.4 is 10.5 Å². The highest BCUT2D eigenvalue weighted by atomic mass is 16.5. The van der Waals surface area contributed by atoms with Gasteiger partial charge >= 0.3 is 0 Å². The van der Waals surface area contributed by atoms with Crippen LogP contribution in [0.3, 0.4) is 0 Å². The minimum atomic E-state index is 0.0453. The normalized spacial score (nSPS) is 21.7. The maximum Gasteiger partial charge on any atom is 0.127 e. The smallest absolute Gasteiger partial charge is 0.127 e. The molecule has 1 aromatic carbocycles. The molecular formula is C13H19NO. The maximum absolute atomic E-state index is 5.97. The van der Waals surface area contributed by atoms with Gasteiger partial charge in [0.2, 0.25) is 0 Å². The van der Waals surface area contributed by atoms with Gasteiger partial charge in [0.1, 0.15) is 5.75 Å². The summed E-state index contributed by atoms with van der Waals surface area (Å²) >= 11 is 0. The molecule has 0 aliphatic carbocycles. The van der Waals surface area contributed by atoms with E-state index in [-0.39, 0.29) is 6.04 Å². The second kappa shape index (κ2) is 3.86. The predicted molar refractivity (Wildman–Crippen MR) is 62.2 cm³/mol. The van der Waals surface area contributed by atoms with Gasteiger partial charge in [0.05, 0.1) is 6.10 Å². The maximum atomic E-state index is 5.97. The van der Waals surface area contributed by atoms with Gasteiger partial charge in [-0.15, -0.1) is 0 Å². The van der Waals surface area contributed by atoms with Crippen LogP contribution in [0.4, 0.5) is 0 Å². The summed E-state index contributed by atoms with van der Waals surface area (Å²) in [6, 6.07) is 4.40. The zero-order valence-electron chi connectivity index (χ0n) is 9.71. The molecule has 2 heteroatoms. The molecule has 0 fully saturated rings. The van der Waals surface area contributed by atoms with Crippen molar-refractivity contribution in [1.29, 1.82) is 0 Å². The first-order valence-electron chi connectivity index (χ1n) is 5.63. The molecule has 2 N–H and O–H groups in total. The summed E-state index contributed by atoms with van der Waals surface area (Å²) in [4.78, 5) is 0. The molecule has 1 aromatic rings. The van der Waals surface area contributed by atoms with Crippen molar-refractivity contribution in [2.45, 2.75) is 45.8 Å². The minimum Gasteiger partial charge on any atom is -0.490 e. The van der Waals surface area contributed by atoms with Crippen molar-refractivity contribution in [3.63, 3.8) is 0 Å². The van der Waals surface area contributed by atoms with E-state index in [4.69, 9.17) is 10.5 Å². The second-order valence-corrected chi connectivity index (χ2v) is 4.60. The summed E-state index contributed by atoms with van der Waals surface area (Å²) in [5.41, 5.74) is 9.72. The number of hydrogen-bond acceptors (Lipinski definition) is 2. The summed E-state index contributed by atoms with van der Waals surface area (Å²) in [5, 5.41) is 0. The van der Waals surface area contributed by atoms with Crippen molar-refractivity contribution < 1.29 is 4.74 Å². The van der Waals surface area contributed by atoms with Crippen LogP contribution in [0.1, 0.15) is 43.0 Å². The molecule has 2 unspecified atom stereocenters. The lowest BCUT2D eigenvalue weighted by Crippen LogP contribution is -2.21. The predicted octanol–water partition coefficient (Wildman–Crippen LogP) is 2.73. The van der Waals surface area contributed by atoms with E-state index in [1.807, 2.05) is 6.92 Å². The van der Waals surface area contributed by atoms with E-state index in [0.717, 1.165) is 24.2 Å². The number of ether oxygens (including phenoxy) is 1. The molecule has 0 amide bonds. The third-order valence-electron chi connectivity index (χ3n) is 2.97. The molecule has 2 nitrogen and oxygen atoms in total. The SMILES string of the molecule is Cc1cc2c(c(C(C)N)c1)OC(C)CC2. The van der Waals surface area contributed by atoms with Crippen molar-refractivity contribution in [2.75, 3.05) is 0 Å². The zero-order valence-corrected chi connectivity index (χ0v) is 9.71. The van der Waals surface area contributed by atoms with Crippen LogP contribution in [0.25, 0.3) is 0 Å². The Bertz CT molecular complexity index is 371. The first kappa shape index (κ1) is 10.5. The lowest BCUT2D eigenvalue weighted by molar-refractivity contribution is 0.189. The Kier molecular flexibility index (Phi) is 2.70. The molecule has 0 radical (unpaired) electrons. The highest BCUT2D eigenvalue weighted by Crippen LogP contribution is 2.35. The molecule has 0 saturated carbocycles. The number of rotatable bonds is 1. The van der Waals surface area contributed by atoms with E-state index in [0.29, 0.717) is 6.10 Å². The Morgan fingerprint density at radius 3 is 2.87 bits per heavy atom. The van der Waals surface area contributed by atoms with Crippen LogP contribution in [0.5, 0.6) is 5.75 Å². The second-order valence-electron chi connectivity index (χ2n) is 4.60. The average Bonchev–Trinajstić information content (AvgIpc) is 2.17. The standard InChI is InChI=1S/C13H19NO/c1-8-6-11-5-4-9(2)15-13(11)12(7-8)10(3)14/h6-7,9-10H,4-5,14H2,1-3H3. The van der Waals surface area contributed by atoms with Crippen LogP contribution in [-0.2, 0) is 6.42 Å². The quantitative estimate of drug-likeness (QED) is 0.765. The number of benzene rings is 1. The van der Waals surface area contributed by atoms with Crippen LogP contribution in [-0.4, -0.2) is 6.10 Å². The fraction of sp³-hybridized carbons (Fsp3) is 0.538. The average molecular weight is 205 g/mol. The van der Waals surface area contributed by atoms with Crippen LogP contribution in [0.2, 0.25) is 0 Å². The summed E-state index contributed by atoms with van der Waals surface area (Å²) in [7, 11) is 0. The minimum absolute atomic E-state index is 0.0453. The first-order valence-corrected chi connectivity index (χ1v) is 5.63. The van der Waals surface area contributed by atoms with Crippen LogP contribution in [0, 0.1) is 6.92 Å². The highest BCUT2D eigenvalue weighted by Gasteiger charge is 2.21. The Balaban J connectivity index is 2.50. The molecule has 15 heavy (non-hydrogen) atoms. The Labute approximate surface area is 91.4 Å². The lowest BCUT2D eigenvalue weighted by atomic mass is 9.95. The van der Waals surface area contributed by atoms with E-state index in [1.165, 1.54) is 11.1 Å². The van der Waals surface area contributed by atoms with Gasteiger partial charge in [0.15, 0.2) is 0 Å². The molecule has 0 spiro atoms. The zero-order chi connectivity index (χ0) is 11.0. The van der Waals surface area contributed by atoms with Crippen LogP contribution >= 0.6 is 0 Å². The molecule has 0 saturated heterocycles. The number of aryl methyl sites for hydroxylation is 2. The molecule has 1 heterocycles. The van der Waals surface area contributed by atoms with E-state index < -0.39 is 0 Å². The van der Waals surface area contributed by atoms with Crippen molar-refractivity contribution in [1.82, 2.24) is 0 Å². The van der Waals surface area contributed by atoms with E-state index in [2.05, 4.69) is 26.0 Å². The molecule has 1 aliphatic rings. The third-order valence-corrected chi connectivity index (χ3v) is 2.97.